The van der Waals surface area contributed by atoms with E-state index in [2.05, 4.69) is 10.5 Å². The lowest BCUT2D eigenvalue weighted by molar-refractivity contribution is -0.137. The summed E-state index contributed by atoms with van der Waals surface area (Å²) in [7, 11) is 0. The summed E-state index contributed by atoms with van der Waals surface area (Å²) in [5.74, 6) is -0.000567. The van der Waals surface area contributed by atoms with Gasteiger partial charge in [-0.2, -0.15) is 13.2 Å². The van der Waals surface area contributed by atoms with Gasteiger partial charge in [0, 0.05) is 23.6 Å². The number of hydrogen-bond donors (Lipinski definition) is 1. The molecule has 162 valence electrons. The average Bonchev–Trinajstić information content (AvgIpc) is 3.16. The van der Waals surface area contributed by atoms with E-state index in [0.717, 1.165) is 30.7 Å². The first-order valence-corrected chi connectivity index (χ1v) is 9.73. The second-order valence-corrected chi connectivity index (χ2v) is 8.40. The van der Waals surface area contributed by atoms with Crippen molar-refractivity contribution in [1.29, 1.82) is 0 Å². The molecule has 1 aromatic heterocycles. The molecule has 1 aromatic carbocycles. The molecule has 0 saturated carbocycles. The van der Waals surface area contributed by atoms with Gasteiger partial charge in [0.25, 0.3) is 5.91 Å². The minimum atomic E-state index is -4.47. The monoisotopic (exact) mass is 423 g/mol. The third-order valence-electron chi connectivity index (χ3n) is 5.03. The Kier molecular flexibility index (Phi) is 5.92. The molecular weight excluding hydrogens is 399 g/mol. The fourth-order valence-corrected chi connectivity index (χ4v) is 3.31. The molecule has 1 N–H and O–H groups in total. The number of carbonyl (C=O) groups excluding carboxylic acids is 2. The number of likely N-dealkylation sites (tertiary alicyclic amines) is 1. The van der Waals surface area contributed by atoms with Gasteiger partial charge in [0.2, 0.25) is 5.91 Å². The molecule has 1 saturated heterocycles. The molecule has 9 heteroatoms. The molecule has 0 aliphatic carbocycles. The highest BCUT2D eigenvalue weighted by molar-refractivity contribution is 6.01. The zero-order valence-electron chi connectivity index (χ0n) is 17.0. The lowest BCUT2D eigenvalue weighted by atomic mass is 9.93. The third kappa shape index (κ3) is 4.83. The number of amides is 2. The number of hydrogen-bond acceptors (Lipinski definition) is 4. The normalized spacial score (nSPS) is 17.7. The van der Waals surface area contributed by atoms with Crippen LogP contribution in [0.5, 0.6) is 0 Å². The minimum Gasteiger partial charge on any atom is -0.359 e. The van der Waals surface area contributed by atoms with Gasteiger partial charge in [-0.1, -0.05) is 25.9 Å². The Balaban J connectivity index is 1.74. The van der Waals surface area contributed by atoms with Crippen LogP contribution in [0.15, 0.2) is 34.9 Å². The number of benzene rings is 1. The minimum absolute atomic E-state index is 0.110. The van der Waals surface area contributed by atoms with Gasteiger partial charge in [-0.25, -0.2) is 0 Å². The molecule has 1 unspecified atom stereocenters. The van der Waals surface area contributed by atoms with Crippen LogP contribution in [0.25, 0.3) is 0 Å². The topological polar surface area (TPSA) is 75.4 Å². The Hall–Kier alpha value is -2.84. The summed E-state index contributed by atoms with van der Waals surface area (Å²) in [6, 6.07) is 4.93. The Morgan fingerprint density at radius 2 is 1.80 bits per heavy atom. The summed E-state index contributed by atoms with van der Waals surface area (Å²) in [5.41, 5.74) is -0.988. The Morgan fingerprint density at radius 1 is 1.13 bits per heavy atom. The summed E-state index contributed by atoms with van der Waals surface area (Å²) >= 11 is 0. The second-order valence-electron chi connectivity index (χ2n) is 8.40. The van der Waals surface area contributed by atoms with Crippen molar-refractivity contribution in [3.63, 3.8) is 0 Å². The van der Waals surface area contributed by atoms with Gasteiger partial charge in [0.15, 0.2) is 5.82 Å². The van der Waals surface area contributed by atoms with E-state index in [9.17, 15) is 22.8 Å². The van der Waals surface area contributed by atoms with E-state index in [1.165, 1.54) is 4.90 Å². The molecule has 0 spiro atoms. The molecule has 3 rings (SSSR count). The SMILES string of the molecule is CC(C)(C)c1cc(NC(=O)C2CCCCN2C(=O)c2ccc(C(F)(F)F)cc2)no1. The zero-order chi connectivity index (χ0) is 22.1. The van der Waals surface area contributed by atoms with E-state index in [-0.39, 0.29) is 16.8 Å². The largest absolute Gasteiger partial charge is 0.416 e. The van der Waals surface area contributed by atoms with Crippen molar-refractivity contribution in [2.24, 2.45) is 0 Å². The Morgan fingerprint density at radius 3 is 2.37 bits per heavy atom. The molecule has 1 atom stereocenters. The number of alkyl halides is 3. The maximum Gasteiger partial charge on any atom is 0.416 e. The van der Waals surface area contributed by atoms with Crippen LogP contribution in [0.1, 0.15) is 61.7 Å². The number of anilines is 1. The molecule has 1 aliphatic heterocycles. The highest BCUT2D eigenvalue weighted by Gasteiger charge is 2.34. The van der Waals surface area contributed by atoms with Crippen LogP contribution in [0.2, 0.25) is 0 Å². The molecule has 6 nitrogen and oxygen atoms in total. The molecule has 0 bridgehead atoms. The van der Waals surface area contributed by atoms with Crippen LogP contribution < -0.4 is 5.32 Å². The molecule has 2 heterocycles. The Bertz CT molecular complexity index is 914. The number of piperidine rings is 1. The molecule has 1 aliphatic rings. The van der Waals surface area contributed by atoms with Crippen molar-refractivity contribution in [3.8, 4) is 0 Å². The molecule has 30 heavy (non-hydrogen) atoms. The summed E-state index contributed by atoms with van der Waals surface area (Å²) in [6.07, 6.45) is -2.53. The highest BCUT2D eigenvalue weighted by Crippen LogP contribution is 2.30. The van der Waals surface area contributed by atoms with Crippen molar-refractivity contribution in [3.05, 3.63) is 47.2 Å². The summed E-state index contributed by atoms with van der Waals surface area (Å²) in [4.78, 5) is 27.1. The lowest BCUT2D eigenvalue weighted by Crippen LogP contribution is -2.50. The van der Waals surface area contributed by atoms with Crippen molar-refractivity contribution in [2.45, 2.75) is 57.7 Å². The number of carbonyl (C=O) groups is 2. The number of nitrogens with one attached hydrogen (secondary N) is 1. The maximum absolute atomic E-state index is 12.9. The first-order chi connectivity index (χ1) is 14.0. The highest BCUT2D eigenvalue weighted by atomic mass is 19.4. The quantitative estimate of drug-likeness (QED) is 0.781. The third-order valence-corrected chi connectivity index (χ3v) is 5.03. The number of rotatable bonds is 3. The second kappa shape index (κ2) is 8.12. The van der Waals surface area contributed by atoms with E-state index >= 15 is 0 Å². The summed E-state index contributed by atoms with van der Waals surface area (Å²) < 4.78 is 43.6. The average molecular weight is 423 g/mol. The summed E-state index contributed by atoms with van der Waals surface area (Å²) in [5, 5.41) is 6.54. The predicted octanol–water partition coefficient (Wildman–Crippen LogP) is 4.62. The summed E-state index contributed by atoms with van der Waals surface area (Å²) in [6.45, 7) is 6.20. The molecule has 0 radical (unpaired) electrons. The van der Waals surface area contributed by atoms with Crippen molar-refractivity contribution in [1.82, 2.24) is 10.1 Å². The fourth-order valence-electron chi connectivity index (χ4n) is 3.31. The van der Waals surface area contributed by atoms with E-state index in [4.69, 9.17) is 4.52 Å². The van der Waals surface area contributed by atoms with Gasteiger partial charge in [0.05, 0.1) is 5.56 Å². The first kappa shape index (κ1) is 21.9. The first-order valence-electron chi connectivity index (χ1n) is 9.73. The van der Waals surface area contributed by atoms with Crippen LogP contribution in [-0.2, 0) is 16.4 Å². The van der Waals surface area contributed by atoms with Gasteiger partial charge in [-0.15, -0.1) is 0 Å². The van der Waals surface area contributed by atoms with Crippen molar-refractivity contribution in [2.75, 3.05) is 11.9 Å². The fraction of sp³-hybridized carbons (Fsp3) is 0.476. The standard InChI is InChI=1S/C21H24F3N3O3/c1-20(2,3)16-12-17(26-30-16)25-18(28)15-6-4-5-11-27(15)19(29)13-7-9-14(10-8-13)21(22,23)24/h7-10,12,15H,4-6,11H2,1-3H3,(H,25,26,28). The van der Waals surface area contributed by atoms with Gasteiger partial charge in [0.1, 0.15) is 11.8 Å². The molecule has 2 amide bonds. The maximum atomic E-state index is 12.9. The van der Waals surface area contributed by atoms with Gasteiger partial charge in [-0.05, 0) is 43.5 Å². The van der Waals surface area contributed by atoms with Gasteiger partial charge < -0.3 is 14.7 Å². The smallest absolute Gasteiger partial charge is 0.359 e. The number of nitrogens with zero attached hydrogens (tertiary/aromatic N) is 2. The van der Waals surface area contributed by atoms with Gasteiger partial charge >= 0.3 is 6.18 Å². The number of halogens is 3. The zero-order valence-corrected chi connectivity index (χ0v) is 17.0. The van der Waals surface area contributed by atoms with Crippen molar-refractivity contribution < 1.29 is 27.3 Å². The van der Waals surface area contributed by atoms with Crippen LogP contribution in [0.4, 0.5) is 19.0 Å². The van der Waals surface area contributed by atoms with Gasteiger partial charge in [-0.3, -0.25) is 9.59 Å². The number of aromatic nitrogens is 1. The van der Waals surface area contributed by atoms with E-state index in [1.807, 2.05) is 20.8 Å². The molecule has 1 fully saturated rings. The lowest BCUT2D eigenvalue weighted by Gasteiger charge is -2.34. The van der Waals surface area contributed by atoms with Crippen molar-refractivity contribution >= 4 is 17.6 Å². The van der Waals surface area contributed by atoms with E-state index < -0.39 is 29.6 Å². The van der Waals surface area contributed by atoms with Crippen LogP contribution in [0, 0.1) is 0 Å². The Labute approximate surface area is 172 Å². The van der Waals surface area contributed by atoms with E-state index in [1.54, 1.807) is 6.07 Å². The van der Waals surface area contributed by atoms with Crippen LogP contribution in [0.3, 0.4) is 0 Å². The molecule has 2 aromatic rings. The van der Waals surface area contributed by atoms with Crippen LogP contribution >= 0.6 is 0 Å². The predicted molar refractivity (Wildman–Crippen MR) is 104 cm³/mol. The van der Waals surface area contributed by atoms with E-state index in [0.29, 0.717) is 25.1 Å². The molecular formula is C21H24F3N3O3. The van der Waals surface area contributed by atoms with Crippen LogP contribution in [-0.4, -0.2) is 34.5 Å².